The Hall–Kier alpha value is -2.25. The molecule has 0 radical (unpaired) electrons. The molecule has 2 N–H and O–H groups in total. The summed E-state index contributed by atoms with van der Waals surface area (Å²) in [6.07, 6.45) is 2.42. The predicted molar refractivity (Wildman–Crippen MR) is 60.0 cm³/mol. The zero-order valence-corrected chi connectivity index (χ0v) is 9.66. The first-order valence-electron chi connectivity index (χ1n) is 5.20. The molecule has 2 aromatic heterocycles. The average Bonchev–Trinajstić information content (AvgIpc) is 2.72. The monoisotopic (exact) mass is 235 g/mol. The zero-order chi connectivity index (χ0) is 12.3. The summed E-state index contributed by atoms with van der Waals surface area (Å²) in [4.78, 5) is 12.1. The third-order valence-corrected chi connectivity index (χ3v) is 2.01. The molecule has 0 aliphatic carbocycles. The molecule has 0 amide bonds. The second-order valence-corrected chi connectivity index (χ2v) is 3.39. The Balaban J connectivity index is 2.35. The zero-order valence-electron chi connectivity index (χ0n) is 9.66. The van der Waals surface area contributed by atoms with Crippen molar-refractivity contribution in [2.75, 3.05) is 12.3 Å². The van der Waals surface area contributed by atoms with Crippen molar-refractivity contribution in [2.24, 2.45) is 7.05 Å². The van der Waals surface area contributed by atoms with E-state index in [1.54, 1.807) is 17.9 Å². The van der Waals surface area contributed by atoms with Crippen molar-refractivity contribution in [2.45, 2.75) is 13.3 Å². The number of ether oxygens (including phenoxy) is 1. The van der Waals surface area contributed by atoms with E-state index in [4.69, 9.17) is 10.5 Å². The van der Waals surface area contributed by atoms with E-state index in [0.717, 1.165) is 6.42 Å². The molecule has 2 rings (SSSR count). The van der Waals surface area contributed by atoms with Crippen LogP contribution in [0.15, 0.2) is 6.20 Å². The second kappa shape index (κ2) is 4.73. The van der Waals surface area contributed by atoms with Gasteiger partial charge in [-0.25, -0.2) is 4.68 Å². The maximum absolute atomic E-state index is 5.60. The van der Waals surface area contributed by atoms with E-state index in [2.05, 4.69) is 25.3 Å². The molecule has 2 heterocycles. The van der Waals surface area contributed by atoms with Gasteiger partial charge in [-0.2, -0.15) is 15.0 Å². The summed E-state index contributed by atoms with van der Waals surface area (Å²) in [5.41, 5.74) is 6.25. The molecular weight excluding hydrogens is 222 g/mol. The normalized spacial score (nSPS) is 10.5. The number of nitrogen functional groups attached to an aromatic ring is 1. The Bertz CT molecular complexity index is 510. The highest BCUT2D eigenvalue weighted by molar-refractivity contribution is 5.49. The Kier molecular flexibility index (Phi) is 3.12. The van der Waals surface area contributed by atoms with Gasteiger partial charge in [-0.3, -0.25) is 0 Å². The summed E-state index contributed by atoms with van der Waals surface area (Å²) in [6.45, 7) is 2.53. The van der Waals surface area contributed by atoms with Crippen molar-refractivity contribution in [3.05, 3.63) is 6.20 Å². The lowest BCUT2D eigenvalue weighted by molar-refractivity contribution is 0.292. The van der Waals surface area contributed by atoms with Gasteiger partial charge in [0.25, 0.3) is 0 Å². The van der Waals surface area contributed by atoms with Gasteiger partial charge in [0.1, 0.15) is 5.69 Å². The lowest BCUT2D eigenvalue weighted by atomic mass is 10.4. The van der Waals surface area contributed by atoms with Gasteiger partial charge in [-0.1, -0.05) is 12.1 Å². The summed E-state index contributed by atoms with van der Waals surface area (Å²) >= 11 is 0. The Morgan fingerprint density at radius 2 is 2.18 bits per heavy atom. The molecule has 0 aromatic carbocycles. The van der Waals surface area contributed by atoms with E-state index in [9.17, 15) is 0 Å². The fraction of sp³-hybridized carbons (Fsp3) is 0.444. The Labute approximate surface area is 97.9 Å². The predicted octanol–water partition coefficient (Wildman–Crippen LogP) is 0.0381. The van der Waals surface area contributed by atoms with Crippen LogP contribution in [-0.4, -0.2) is 36.6 Å². The van der Waals surface area contributed by atoms with Crippen LogP contribution in [0.5, 0.6) is 6.01 Å². The smallest absolute Gasteiger partial charge is 0.321 e. The molecule has 0 unspecified atom stereocenters. The maximum Gasteiger partial charge on any atom is 0.321 e. The summed E-state index contributed by atoms with van der Waals surface area (Å²) in [5.74, 6) is 0.512. The van der Waals surface area contributed by atoms with Crippen molar-refractivity contribution >= 4 is 5.95 Å². The largest absolute Gasteiger partial charge is 0.463 e. The van der Waals surface area contributed by atoms with Crippen LogP contribution in [0.4, 0.5) is 5.95 Å². The molecule has 0 spiro atoms. The first-order chi connectivity index (χ1) is 8.20. The quantitative estimate of drug-likeness (QED) is 0.797. The van der Waals surface area contributed by atoms with Gasteiger partial charge >= 0.3 is 6.01 Å². The minimum atomic E-state index is 0.113. The number of hydrogen-bond acceptors (Lipinski definition) is 7. The minimum absolute atomic E-state index is 0.113. The molecule has 17 heavy (non-hydrogen) atoms. The highest BCUT2D eigenvalue weighted by Crippen LogP contribution is 2.15. The van der Waals surface area contributed by atoms with E-state index in [-0.39, 0.29) is 12.0 Å². The topological polar surface area (TPSA) is 105 Å². The SMILES string of the molecule is CCCOc1nc(N)nc(-c2cnnn2C)n1. The van der Waals surface area contributed by atoms with Gasteiger partial charge in [0.15, 0.2) is 5.82 Å². The molecular formula is C9H13N7O. The van der Waals surface area contributed by atoms with Gasteiger partial charge < -0.3 is 10.5 Å². The van der Waals surface area contributed by atoms with Gasteiger partial charge in [-0.15, -0.1) is 5.10 Å². The van der Waals surface area contributed by atoms with Crippen LogP contribution in [0.3, 0.4) is 0 Å². The lowest BCUT2D eigenvalue weighted by Crippen LogP contribution is -2.07. The molecule has 0 bridgehead atoms. The standard InChI is InChI=1S/C9H13N7O/c1-3-4-17-9-13-7(12-8(10)14-9)6-5-11-15-16(6)2/h5H,3-4H2,1-2H3,(H2,10,12,13,14). The van der Waals surface area contributed by atoms with Crippen molar-refractivity contribution in [1.82, 2.24) is 29.9 Å². The van der Waals surface area contributed by atoms with Crippen LogP contribution in [0.1, 0.15) is 13.3 Å². The second-order valence-electron chi connectivity index (χ2n) is 3.39. The van der Waals surface area contributed by atoms with Crippen molar-refractivity contribution in [1.29, 1.82) is 0 Å². The molecule has 0 saturated carbocycles. The number of aryl methyl sites for hydroxylation is 1. The summed E-state index contributed by atoms with van der Waals surface area (Å²) in [6, 6.07) is 0.218. The fourth-order valence-electron chi connectivity index (χ4n) is 1.24. The number of nitrogens with zero attached hydrogens (tertiary/aromatic N) is 6. The van der Waals surface area contributed by atoms with Crippen LogP contribution in [0.25, 0.3) is 11.5 Å². The minimum Gasteiger partial charge on any atom is -0.463 e. The van der Waals surface area contributed by atoms with Crippen LogP contribution in [0.2, 0.25) is 0 Å². The number of nitrogens with two attached hydrogens (primary N) is 1. The summed E-state index contributed by atoms with van der Waals surface area (Å²) < 4.78 is 6.88. The van der Waals surface area contributed by atoms with Crippen molar-refractivity contribution in [3.63, 3.8) is 0 Å². The number of hydrogen-bond donors (Lipinski definition) is 1. The van der Waals surface area contributed by atoms with Crippen LogP contribution >= 0.6 is 0 Å². The molecule has 0 atom stereocenters. The first-order valence-corrected chi connectivity index (χ1v) is 5.20. The Morgan fingerprint density at radius 1 is 1.35 bits per heavy atom. The van der Waals surface area contributed by atoms with E-state index in [0.29, 0.717) is 18.1 Å². The summed E-state index contributed by atoms with van der Waals surface area (Å²) in [5, 5.41) is 7.55. The average molecular weight is 235 g/mol. The van der Waals surface area contributed by atoms with E-state index >= 15 is 0 Å². The number of aromatic nitrogens is 6. The number of rotatable bonds is 4. The van der Waals surface area contributed by atoms with Gasteiger partial charge in [0.05, 0.1) is 12.8 Å². The molecule has 0 aliphatic heterocycles. The third-order valence-electron chi connectivity index (χ3n) is 2.01. The summed E-state index contributed by atoms with van der Waals surface area (Å²) in [7, 11) is 1.74. The lowest BCUT2D eigenvalue weighted by Gasteiger charge is -2.05. The number of anilines is 1. The highest BCUT2D eigenvalue weighted by atomic mass is 16.5. The van der Waals surface area contributed by atoms with Crippen molar-refractivity contribution in [3.8, 4) is 17.5 Å². The molecule has 8 nitrogen and oxygen atoms in total. The van der Waals surface area contributed by atoms with Crippen molar-refractivity contribution < 1.29 is 4.74 Å². The highest BCUT2D eigenvalue weighted by Gasteiger charge is 2.11. The van der Waals surface area contributed by atoms with Gasteiger partial charge in [0, 0.05) is 7.05 Å². The molecule has 8 heteroatoms. The maximum atomic E-state index is 5.60. The van der Waals surface area contributed by atoms with Gasteiger partial charge in [0.2, 0.25) is 5.95 Å². The van der Waals surface area contributed by atoms with Crippen LogP contribution < -0.4 is 10.5 Å². The van der Waals surface area contributed by atoms with Crippen LogP contribution in [0, 0.1) is 0 Å². The Morgan fingerprint density at radius 3 is 2.82 bits per heavy atom. The molecule has 0 fully saturated rings. The van der Waals surface area contributed by atoms with Crippen LogP contribution in [-0.2, 0) is 7.05 Å². The first kappa shape index (κ1) is 11.2. The van der Waals surface area contributed by atoms with E-state index in [1.165, 1.54) is 0 Å². The molecule has 0 saturated heterocycles. The fourth-order valence-corrected chi connectivity index (χ4v) is 1.24. The molecule has 2 aromatic rings. The third kappa shape index (κ3) is 2.47. The molecule has 90 valence electrons. The molecule has 0 aliphatic rings. The van der Waals surface area contributed by atoms with E-state index in [1.807, 2.05) is 6.92 Å². The van der Waals surface area contributed by atoms with Gasteiger partial charge in [-0.05, 0) is 6.42 Å². The van der Waals surface area contributed by atoms with E-state index < -0.39 is 0 Å².